The van der Waals surface area contributed by atoms with Crippen LogP contribution >= 0.6 is 35.0 Å². The normalized spacial score (nSPS) is 10.8. The zero-order valence-electron chi connectivity index (χ0n) is 13.7. The highest BCUT2D eigenvalue weighted by Crippen LogP contribution is 2.30. The van der Waals surface area contributed by atoms with Gasteiger partial charge in [0.25, 0.3) is 0 Å². The summed E-state index contributed by atoms with van der Waals surface area (Å²) in [5.74, 6) is 7.40. The van der Waals surface area contributed by atoms with Gasteiger partial charge in [-0.05, 0) is 24.6 Å². The Kier molecular flexibility index (Phi) is 6.19. The van der Waals surface area contributed by atoms with Crippen molar-refractivity contribution in [1.82, 2.24) is 14.9 Å². The summed E-state index contributed by atoms with van der Waals surface area (Å²) in [5.41, 5.74) is 1.40. The van der Waals surface area contributed by atoms with E-state index in [-0.39, 0.29) is 5.78 Å². The van der Waals surface area contributed by atoms with Gasteiger partial charge < -0.3 is 5.84 Å². The van der Waals surface area contributed by atoms with Crippen LogP contribution in [0.5, 0.6) is 0 Å². The molecular formula is C18H16Cl2N4OS. The van der Waals surface area contributed by atoms with E-state index < -0.39 is 0 Å². The highest BCUT2D eigenvalue weighted by molar-refractivity contribution is 7.99. The van der Waals surface area contributed by atoms with E-state index in [1.165, 1.54) is 16.4 Å². The van der Waals surface area contributed by atoms with Crippen molar-refractivity contribution < 1.29 is 4.79 Å². The highest BCUT2D eigenvalue weighted by Gasteiger charge is 2.15. The van der Waals surface area contributed by atoms with Crippen molar-refractivity contribution in [1.29, 1.82) is 0 Å². The number of hydrogen-bond donors (Lipinski definition) is 1. The van der Waals surface area contributed by atoms with E-state index in [0.717, 1.165) is 12.0 Å². The minimum atomic E-state index is 0.133. The minimum Gasteiger partial charge on any atom is -0.335 e. The van der Waals surface area contributed by atoms with Gasteiger partial charge in [0.2, 0.25) is 5.16 Å². The average molecular weight is 407 g/mol. The fraction of sp³-hybridized carbons (Fsp3) is 0.167. The zero-order valence-corrected chi connectivity index (χ0v) is 16.1. The summed E-state index contributed by atoms with van der Waals surface area (Å²) in [6.45, 7) is 0. The van der Waals surface area contributed by atoms with E-state index in [2.05, 4.69) is 10.2 Å². The van der Waals surface area contributed by atoms with Crippen molar-refractivity contribution in [3.63, 3.8) is 0 Å². The topological polar surface area (TPSA) is 73.8 Å². The van der Waals surface area contributed by atoms with Crippen molar-refractivity contribution in [2.24, 2.45) is 0 Å². The van der Waals surface area contributed by atoms with Crippen LogP contribution < -0.4 is 5.84 Å². The molecule has 0 atom stereocenters. The molecule has 3 aromatic rings. The largest absolute Gasteiger partial charge is 0.335 e. The minimum absolute atomic E-state index is 0.133. The highest BCUT2D eigenvalue weighted by atomic mass is 35.5. The maximum absolute atomic E-state index is 12.1. The Morgan fingerprint density at radius 1 is 1.12 bits per heavy atom. The number of nitrogen functional groups attached to an aromatic ring is 1. The molecule has 26 heavy (non-hydrogen) atoms. The second-order valence-corrected chi connectivity index (χ2v) is 7.45. The molecule has 0 aliphatic heterocycles. The van der Waals surface area contributed by atoms with Crippen LogP contribution in [0.3, 0.4) is 0 Å². The van der Waals surface area contributed by atoms with E-state index in [1.54, 1.807) is 18.2 Å². The van der Waals surface area contributed by atoms with Crippen LogP contribution in [0.1, 0.15) is 23.2 Å². The predicted molar refractivity (Wildman–Crippen MR) is 106 cm³/mol. The van der Waals surface area contributed by atoms with Gasteiger partial charge in [0.05, 0.1) is 5.02 Å². The van der Waals surface area contributed by atoms with E-state index in [9.17, 15) is 4.79 Å². The van der Waals surface area contributed by atoms with Crippen LogP contribution in [0, 0.1) is 0 Å². The van der Waals surface area contributed by atoms with Gasteiger partial charge in [-0.15, -0.1) is 10.2 Å². The number of halogens is 2. The first-order valence-electron chi connectivity index (χ1n) is 7.93. The van der Waals surface area contributed by atoms with Crippen LogP contribution in [0.25, 0.3) is 11.4 Å². The molecule has 0 aliphatic rings. The Balaban J connectivity index is 1.58. The number of rotatable bonds is 7. The number of thioether (sulfide) groups is 1. The number of aromatic nitrogens is 3. The maximum Gasteiger partial charge on any atom is 0.210 e. The molecule has 2 N–H and O–H groups in total. The van der Waals surface area contributed by atoms with Gasteiger partial charge in [0, 0.05) is 28.3 Å². The number of benzene rings is 2. The molecule has 5 nitrogen and oxygen atoms in total. The molecule has 0 fully saturated rings. The summed E-state index contributed by atoms with van der Waals surface area (Å²) in [7, 11) is 0. The van der Waals surface area contributed by atoms with Crippen LogP contribution in [-0.2, 0) is 0 Å². The lowest BCUT2D eigenvalue weighted by atomic mass is 10.1. The lowest BCUT2D eigenvalue weighted by Crippen LogP contribution is -2.12. The molecule has 0 radical (unpaired) electrons. The van der Waals surface area contributed by atoms with E-state index in [4.69, 9.17) is 29.0 Å². The Bertz CT molecular complexity index is 915. The van der Waals surface area contributed by atoms with Gasteiger partial charge in [-0.1, -0.05) is 65.3 Å². The smallest absolute Gasteiger partial charge is 0.210 e. The van der Waals surface area contributed by atoms with Gasteiger partial charge >= 0.3 is 0 Å². The molecule has 0 saturated carbocycles. The number of carbonyl (C=O) groups is 1. The van der Waals surface area contributed by atoms with Gasteiger partial charge in [-0.2, -0.15) is 0 Å². The summed E-state index contributed by atoms with van der Waals surface area (Å²) < 4.78 is 1.40. The molecular weight excluding hydrogens is 391 g/mol. The average Bonchev–Trinajstić information content (AvgIpc) is 3.00. The van der Waals surface area contributed by atoms with Crippen molar-refractivity contribution >= 4 is 40.7 Å². The van der Waals surface area contributed by atoms with Gasteiger partial charge in [0.1, 0.15) is 0 Å². The standard InChI is InChI=1S/C18H16Cl2N4OS/c19-13-8-9-14(15(20)11-13)17-22-23-18(24(17)21)26-10-4-7-16(25)12-5-2-1-3-6-12/h1-3,5-6,8-9,11H,4,7,10,21H2. The molecule has 1 aromatic heterocycles. The number of carbonyl (C=O) groups excluding carboxylic acids is 1. The van der Waals surface area contributed by atoms with Crippen molar-refractivity contribution in [2.45, 2.75) is 18.0 Å². The number of Topliss-reactive ketones (excluding diaryl/α,β-unsaturated/α-hetero) is 1. The molecule has 134 valence electrons. The molecule has 1 heterocycles. The molecule has 0 aliphatic carbocycles. The molecule has 2 aromatic carbocycles. The Labute approximate surface area is 165 Å². The summed E-state index contributed by atoms with van der Waals surface area (Å²) in [5, 5.41) is 9.78. The number of nitrogens with zero attached hydrogens (tertiary/aromatic N) is 3. The fourth-order valence-corrected chi connectivity index (χ4v) is 3.68. The third-order valence-electron chi connectivity index (χ3n) is 3.71. The lowest BCUT2D eigenvalue weighted by molar-refractivity contribution is 0.0982. The quantitative estimate of drug-likeness (QED) is 0.266. The van der Waals surface area contributed by atoms with Gasteiger partial charge in [0.15, 0.2) is 11.6 Å². The van der Waals surface area contributed by atoms with Crippen LogP contribution in [0.15, 0.2) is 53.7 Å². The fourth-order valence-electron chi connectivity index (χ4n) is 2.39. The first-order chi connectivity index (χ1) is 12.6. The second-order valence-electron chi connectivity index (χ2n) is 5.54. The van der Waals surface area contributed by atoms with Crippen LogP contribution in [-0.4, -0.2) is 26.4 Å². The van der Waals surface area contributed by atoms with Gasteiger partial charge in [-0.25, -0.2) is 4.68 Å². The lowest BCUT2D eigenvalue weighted by Gasteiger charge is -2.05. The maximum atomic E-state index is 12.1. The Morgan fingerprint density at radius 2 is 1.88 bits per heavy atom. The van der Waals surface area contributed by atoms with Crippen LogP contribution in [0.4, 0.5) is 0 Å². The molecule has 3 rings (SSSR count). The van der Waals surface area contributed by atoms with Crippen molar-refractivity contribution in [2.75, 3.05) is 11.6 Å². The van der Waals surface area contributed by atoms with Crippen molar-refractivity contribution in [3.8, 4) is 11.4 Å². The molecule has 0 spiro atoms. The van der Waals surface area contributed by atoms with E-state index in [1.807, 2.05) is 30.3 Å². The molecule has 8 heteroatoms. The van der Waals surface area contributed by atoms with E-state index in [0.29, 0.717) is 38.8 Å². The number of hydrogen-bond acceptors (Lipinski definition) is 5. The van der Waals surface area contributed by atoms with Crippen LogP contribution in [0.2, 0.25) is 10.0 Å². The second kappa shape index (κ2) is 8.58. The predicted octanol–water partition coefficient (Wildman–Crippen LogP) is 4.72. The first kappa shape index (κ1) is 18.8. The summed E-state index contributed by atoms with van der Waals surface area (Å²) in [6.07, 6.45) is 1.20. The molecule has 0 amide bonds. The zero-order chi connectivity index (χ0) is 18.5. The molecule has 0 unspecified atom stereocenters. The number of ketones is 1. The first-order valence-corrected chi connectivity index (χ1v) is 9.67. The molecule has 0 bridgehead atoms. The third kappa shape index (κ3) is 4.38. The SMILES string of the molecule is Nn1c(SCCCC(=O)c2ccccc2)nnc1-c1ccc(Cl)cc1Cl. The Morgan fingerprint density at radius 3 is 2.62 bits per heavy atom. The third-order valence-corrected chi connectivity index (χ3v) is 5.29. The Hall–Kier alpha value is -2.02. The summed E-state index contributed by atoms with van der Waals surface area (Å²) in [4.78, 5) is 12.1. The van der Waals surface area contributed by atoms with Crippen molar-refractivity contribution in [3.05, 3.63) is 64.1 Å². The monoisotopic (exact) mass is 406 g/mol. The van der Waals surface area contributed by atoms with Gasteiger partial charge in [-0.3, -0.25) is 4.79 Å². The molecule has 0 saturated heterocycles. The van der Waals surface area contributed by atoms with E-state index >= 15 is 0 Å². The number of nitrogens with two attached hydrogens (primary N) is 1. The summed E-state index contributed by atoms with van der Waals surface area (Å²) >= 11 is 13.6. The summed E-state index contributed by atoms with van der Waals surface area (Å²) in [6, 6.07) is 14.4.